The van der Waals surface area contributed by atoms with Crippen LogP contribution in [-0.2, 0) is 9.47 Å². The van der Waals surface area contributed by atoms with Crippen LogP contribution in [0.3, 0.4) is 0 Å². The second kappa shape index (κ2) is 3.91. The lowest BCUT2D eigenvalue weighted by atomic mass is 10.2. The Morgan fingerprint density at radius 1 is 1.70 bits per heavy atom. The van der Waals surface area contributed by atoms with E-state index in [0.29, 0.717) is 19.8 Å². The van der Waals surface area contributed by atoms with Crippen molar-refractivity contribution in [3.63, 3.8) is 0 Å². The molecule has 1 N–H and O–H groups in total. The summed E-state index contributed by atoms with van der Waals surface area (Å²) in [5.74, 6) is 0. The normalized spacial score (nSPS) is 33.0. The van der Waals surface area contributed by atoms with Gasteiger partial charge >= 0.3 is 0 Å². The lowest BCUT2D eigenvalue weighted by molar-refractivity contribution is -0.0210. The topological polar surface area (TPSA) is 38.7 Å². The van der Waals surface area contributed by atoms with Crippen LogP contribution in [0.25, 0.3) is 0 Å². The SMILES string of the molecule is CCOC[C@H]1OCCC1O. The summed E-state index contributed by atoms with van der Waals surface area (Å²) in [6.07, 6.45) is 0.351. The predicted molar refractivity (Wildman–Crippen MR) is 36.9 cm³/mol. The second-order valence-corrected chi connectivity index (χ2v) is 2.42. The lowest BCUT2D eigenvalue weighted by Crippen LogP contribution is -2.26. The molecule has 0 saturated carbocycles. The Morgan fingerprint density at radius 2 is 2.50 bits per heavy atom. The Labute approximate surface area is 60.9 Å². The van der Waals surface area contributed by atoms with Crippen molar-refractivity contribution in [2.75, 3.05) is 19.8 Å². The minimum atomic E-state index is -0.313. The van der Waals surface area contributed by atoms with Gasteiger partial charge in [-0.15, -0.1) is 0 Å². The molecule has 60 valence electrons. The van der Waals surface area contributed by atoms with Gasteiger partial charge in [0.15, 0.2) is 0 Å². The van der Waals surface area contributed by atoms with Crippen molar-refractivity contribution in [3.05, 3.63) is 0 Å². The highest BCUT2D eigenvalue weighted by atomic mass is 16.5. The van der Waals surface area contributed by atoms with E-state index >= 15 is 0 Å². The van der Waals surface area contributed by atoms with Gasteiger partial charge in [-0.1, -0.05) is 0 Å². The van der Waals surface area contributed by atoms with Crippen molar-refractivity contribution in [2.24, 2.45) is 0 Å². The first-order chi connectivity index (χ1) is 4.84. The predicted octanol–water partition coefficient (Wildman–Crippen LogP) is 0.173. The van der Waals surface area contributed by atoms with Crippen molar-refractivity contribution in [3.8, 4) is 0 Å². The zero-order valence-electron chi connectivity index (χ0n) is 6.25. The summed E-state index contributed by atoms with van der Waals surface area (Å²) >= 11 is 0. The number of rotatable bonds is 3. The van der Waals surface area contributed by atoms with Crippen LogP contribution in [0.4, 0.5) is 0 Å². The number of ether oxygens (including phenoxy) is 2. The molecule has 1 aliphatic heterocycles. The van der Waals surface area contributed by atoms with E-state index in [4.69, 9.17) is 9.47 Å². The fraction of sp³-hybridized carbons (Fsp3) is 1.00. The van der Waals surface area contributed by atoms with Gasteiger partial charge in [0.25, 0.3) is 0 Å². The maximum atomic E-state index is 9.21. The fourth-order valence-corrected chi connectivity index (χ4v) is 1.03. The molecule has 1 rings (SSSR count). The van der Waals surface area contributed by atoms with Gasteiger partial charge in [0.05, 0.1) is 12.7 Å². The van der Waals surface area contributed by atoms with Crippen LogP contribution in [0.1, 0.15) is 13.3 Å². The molecule has 1 saturated heterocycles. The van der Waals surface area contributed by atoms with Crippen LogP contribution in [0, 0.1) is 0 Å². The Morgan fingerprint density at radius 3 is 3.00 bits per heavy atom. The average Bonchev–Trinajstić information content (AvgIpc) is 2.31. The van der Waals surface area contributed by atoms with Crippen molar-refractivity contribution in [2.45, 2.75) is 25.6 Å². The molecule has 1 unspecified atom stereocenters. The molecule has 0 aromatic carbocycles. The highest BCUT2D eigenvalue weighted by molar-refractivity contribution is 4.74. The van der Waals surface area contributed by atoms with Crippen LogP contribution in [0.5, 0.6) is 0 Å². The molecule has 1 heterocycles. The van der Waals surface area contributed by atoms with Crippen molar-refractivity contribution < 1.29 is 14.6 Å². The standard InChI is InChI=1S/C7H14O3/c1-2-9-5-7-6(8)3-4-10-7/h6-8H,2-5H2,1H3/t6?,7-/m1/s1. The van der Waals surface area contributed by atoms with E-state index < -0.39 is 0 Å². The van der Waals surface area contributed by atoms with Crippen LogP contribution < -0.4 is 0 Å². The third-order valence-corrected chi connectivity index (χ3v) is 1.66. The van der Waals surface area contributed by atoms with Crippen molar-refractivity contribution in [1.82, 2.24) is 0 Å². The first kappa shape index (κ1) is 7.98. The number of hydrogen-bond donors (Lipinski definition) is 1. The summed E-state index contributed by atoms with van der Waals surface area (Å²) in [7, 11) is 0. The van der Waals surface area contributed by atoms with Crippen LogP contribution in [-0.4, -0.2) is 37.1 Å². The molecule has 0 aliphatic carbocycles. The van der Waals surface area contributed by atoms with Crippen LogP contribution in [0.2, 0.25) is 0 Å². The lowest BCUT2D eigenvalue weighted by Gasteiger charge is -2.12. The first-order valence-electron chi connectivity index (χ1n) is 3.72. The summed E-state index contributed by atoms with van der Waals surface area (Å²) in [6, 6.07) is 0. The molecule has 2 atom stereocenters. The van der Waals surface area contributed by atoms with Gasteiger partial charge in [-0.3, -0.25) is 0 Å². The molecule has 1 fully saturated rings. The Hall–Kier alpha value is -0.120. The third kappa shape index (κ3) is 1.94. The molecule has 10 heavy (non-hydrogen) atoms. The molecule has 1 aliphatic rings. The van der Waals surface area contributed by atoms with E-state index in [-0.39, 0.29) is 12.2 Å². The van der Waals surface area contributed by atoms with E-state index in [0.717, 1.165) is 6.42 Å². The van der Waals surface area contributed by atoms with Crippen LogP contribution >= 0.6 is 0 Å². The molecule has 0 radical (unpaired) electrons. The highest BCUT2D eigenvalue weighted by Gasteiger charge is 2.25. The van der Waals surface area contributed by atoms with Gasteiger partial charge in [-0.2, -0.15) is 0 Å². The molecule has 0 aromatic rings. The minimum Gasteiger partial charge on any atom is -0.390 e. The van der Waals surface area contributed by atoms with Gasteiger partial charge in [0.1, 0.15) is 6.10 Å². The molecule has 0 aromatic heterocycles. The summed E-state index contributed by atoms with van der Waals surface area (Å²) in [4.78, 5) is 0. The summed E-state index contributed by atoms with van der Waals surface area (Å²) < 4.78 is 10.3. The molecule has 3 nitrogen and oxygen atoms in total. The zero-order chi connectivity index (χ0) is 7.40. The van der Waals surface area contributed by atoms with Crippen molar-refractivity contribution in [1.29, 1.82) is 0 Å². The average molecular weight is 146 g/mol. The fourth-order valence-electron chi connectivity index (χ4n) is 1.03. The van der Waals surface area contributed by atoms with Gasteiger partial charge < -0.3 is 14.6 Å². The molecule has 0 amide bonds. The smallest absolute Gasteiger partial charge is 0.107 e. The van der Waals surface area contributed by atoms with Gasteiger partial charge in [0, 0.05) is 13.2 Å². The number of aliphatic hydroxyl groups is 1. The number of hydrogen-bond acceptors (Lipinski definition) is 3. The minimum absolute atomic E-state index is 0.0834. The van der Waals surface area contributed by atoms with E-state index in [1.54, 1.807) is 0 Å². The van der Waals surface area contributed by atoms with Gasteiger partial charge in [-0.05, 0) is 13.3 Å². The van der Waals surface area contributed by atoms with E-state index in [1.807, 2.05) is 6.92 Å². The summed E-state index contributed by atoms with van der Waals surface area (Å²) in [5, 5.41) is 9.21. The molecule has 0 spiro atoms. The Balaban J connectivity index is 2.14. The van der Waals surface area contributed by atoms with Gasteiger partial charge in [0.2, 0.25) is 0 Å². The highest BCUT2D eigenvalue weighted by Crippen LogP contribution is 2.12. The van der Waals surface area contributed by atoms with Gasteiger partial charge in [-0.25, -0.2) is 0 Å². The first-order valence-corrected chi connectivity index (χ1v) is 3.72. The van der Waals surface area contributed by atoms with Crippen molar-refractivity contribution >= 4 is 0 Å². The molecule has 3 heteroatoms. The maximum absolute atomic E-state index is 9.21. The molecule has 0 bridgehead atoms. The monoisotopic (exact) mass is 146 g/mol. The van der Waals surface area contributed by atoms with Crippen LogP contribution in [0.15, 0.2) is 0 Å². The van der Waals surface area contributed by atoms with E-state index in [9.17, 15) is 5.11 Å². The maximum Gasteiger partial charge on any atom is 0.107 e. The Bertz CT molecular complexity index is 94.9. The van der Waals surface area contributed by atoms with E-state index in [2.05, 4.69) is 0 Å². The largest absolute Gasteiger partial charge is 0.390 e. The second-order valence-electron chi connectivity index (χ2n) is 2.42. The number of aliphatic hydroxyl groups excluding tert-OH is 1. The summed E-state index contributed by atoms with van der Waals surface area (Å²) in [6.45, 7) is 3.81. The molecular weight excluding hydrogens is 132 g/mol. The van der Waals surface area contributed by atoms with E-state index in [1.165, 1.54) is 0 Å². The molecular formula is C7H14O3. The Kier molecular flexibility index (Phi) is 3.12. The quantitative estimate of drug-likeness (QED) is 0.617. The summed E-state index contributed by atoms with van der Waals surface area (Å²) in [5.41, 5.74) is 0. The zero-order valence-corrected chi connectivity index (χ0v) is 6.25. The third-order valence-electron chi connectivity index (χ3n) is 1.66.